The Balaban J connectivity index is 2.06. The Kier molecular flexibility index (Phi) is 4.59. The summed E-state index contributed by atoms with van der Waals surface area (Å²) in [6, 6.07) is 9.76. The number of nitrogens with zero attached hydrogens (tertiary/aromatic N) is 4. The molecule has 0 aliphatic heterocycles. The minimum absolute atomic E-state index is 0.0530. The molecule has 0 aliphatic rings. The van der Waals surface area contributed by atoms with Crippen molar-refractivity contribution in [2.45, 2.75) is 6.18 Å². The van der Waals surface area contributed by atoms with E-state index in [2.05, 4.69) is 15.0 Å². The summed E-state index contributed by atoms with van der Waals surface area (Å²) in [7, 11) is 0. The molecule has 0 saturated carbocycles. The van der Waals surface area contributed by atoms with E-state index < -0.39 is 11.7 Å². The summed E-state index contributed by atoms with van der Waals surface area (Å²) in [4.78, 5) is 11.7. The number of pyridine rings is 1. The van der Waals surface area contributed by atoms with Crippen molar-refractivity contribution in [3.8, 4) is 28.6 Å². The van der Waals surface area contributed by atoms with Crippen molar-refractivity contribution in [1.82, 2.24) is 15.0 Å². The highest BCUT2D eigenvalue weighted by molar-refractivity contribution is 6.29. The second kappa shape index (κ2) is 6.74. The van der Waals surface area contributed by atoms with Crippen molar-refractivity contribution >= 4 is 23.4 Å². The number of halogens is 4. The van der Waals surface area contributed by atoms with Gasteiger partial charge in [0.05, 0.1) is 17.0 Å². The van der Waals surface area contributed by atoms with Crippen molar-refractivity contribution in [1.29, 1.82) is 5.26 Å². The van der Waals surface area contributed by atoms with Gasteiger partial charge in [0, 0.05) is 11.1 Å². The van der Waals surface area contributed by atoms with E-state index in [1.165, 1.54) is 12.1 Å². The van der Waals surface area contributed by atoms with Crippen LogP contribution in [0.1, 0.15) is 11.1 Å². The molecule has 4 N–H and O–H groups in total. The van der Waals surface area contributed by atoms with E-state index in [0.717, 1.165) is 12.1 Å². The van der Waals surface area contributed by atoms with Crippen molar-refractivity contribution < 1.29 is 13.2 Å². The molecule has 0 fully saturated rings. The summed E-state index contributed by atoms with van der Waals surface area (Å²) in [6.07, 6.45) is -4.54. The smallest absolute Gasteiger partial charge is 0.382 e. The average molecular weight is 391 g/mol. The Hall–Kier alpha value is -3.38. The lowest BCUT2D eigenvalue weighted by atomic mass is 10.0. The van der Waals surface area contributed by atoms with Gasteiger partial charge in [0.2, 0.25) is 5.95 Å². The minimum atomic E-state index is -4.54. The Bertz CT molecular complexity index is 1060. The fourth-order valence-corrected chi connectivity index (χ4v) is 2.63. The molecule has 2 heterocycles. The van der Waals surface area contributed by atoms with Gasteiger partial charge in [-0.15, -0.1) is 0 Å². The quantitative estimate of drug-likeness (QED) is 0.641. The second-order valence-electron chi connectivity index (χ2n) is 5.44. The van der Waals surface area contributed by atoms with Crippen LogP contribution in [0.2, 0.25) is 5.15 Å². The first kappa shape index (κ1) is 18.4. The summed E-state index contributed by atoms with van der Waals surface area (Å²) >= 11 is 5.72. The molecule has 10 heteroatoms. The van der Waals surface area contributed by atoms with E-state index in [0.29, 0.717) is 11.1 Å². The van der Waals surface area contributed by atoms with Crippen LogP contribution in [0, 0.1) is 11.3 Å². The number of aromatic nitrogens is 3. The number of nitriles is 1. The standard InChI is InChI=1S/C17H10ClF3N6/c18-13-6-10(17(19,20)21)5-12(25-13)8-1-3-9(4-2-8)14-11(7-22)15(23)27-16(24)26-14/h1-6H,(H4,23,24,26,27). The molecule has 2 aromatic heterocycles. The Morgan fingerprint density at radius 3 is 2.19 bits per heavy atom. The molecule has 0 atom stereocenters. The van der Waals surface area contributed by atoms with Crippen molar-refractivity contribution in [3.63, 3.8) is 0 Å². The average Bonchev–Trinajstić information content (AvgIpc) is 2.60. The van der Waals surface area contributed by atoms with E-state index in [-0.39, 0.29) is 33.9 Å². The normalized spacial score (nSPS) is 11.2. The summed E-state index contributed by atoms with van der Waals surface area (Å²) in [5.74, 6) is -0.160. The van der Waals surface area contributed by atoms with Gasteiger partial charge in [-0.3, -0.25) is 0 Å². The van der Waals surface area contributed by atoms with E-state index in [9.17, 15) is 18.4 Å². The largest absolute Gasteiger partial charge is 0.416 e. The third-order valence-electron chi connectivity index (χ3n) is 3.64. The molecule has 1 aromatic carbocycles. The number of hydrogen-bond donors (Lipinski definition) is 2. The first-order valence-electron chi connectivity index (χ1n) is 7.37. The van der Waals surface area contributed by atoms with Crippen molar-refractivity contribution in [2.24, 2.45) is 0 Å². The number of anilines is 2. The van der Waals surface area contributed by atoms with Crippen molar-refractivity contribution in [2.75, 3.05) is 11.5 Å². The van der Waals surface area contributed by atoms with Crippen LogP contribution in [-0.2, 0) is 6.18 Å². The van der Waals surface area contributed by atoms with Crippen LogP contribution >= 0.6 is 11.6 Å². The highest BCUT2D eigenvalue weighted by Crippen LogP contribution is 2.34. The van der Waals surface area contributed by atoms with Crippen LogP contribution in [0.5, 0.6) is 0 Å². The van der Waals surface area contributed by atoms with E-state index in [1.807, 2.05) is 6.07 Å². The fraction of sp³-hybridized carbons (Fsp3) is 0.0588. The molecule has 3 aromatic rings. The number of nitrogen functional groups attached to an aromatic ring is 2. The van der Waals surface area contributed by atoms with Gasteiger partial charge in [-0.2, -0.15) is 23.4 Å². The summed E-state index contributed by atoms with van der Waals surface area (Å²) < 4.78 is 38.9. The number of benzene rings is 1. The predicted molar refractivity (Wildman–Crippen MR) is 94.3 cm³/mol. The van der Waals surface area contributed by atoms with Gasteiger partial charge in [-0.25, -0.2) is 9.97 Å². The van der Waals surface area contributed by atoms with Gasteiger partial charge in [0.15, 0.2) is 0 Å². The molecule has 0 radical (unpaired) electrons. The lowest BCUT2D eigenvalue weighted by molar-refractivity contribution is -0.137. The van der Waals surface area contributed by atoms with Gasteiger partial charge in [0.25, 0.3) is 0 Å². The number of alkyl halides is 3. The maximum absolute atomic E-state index is 13.0. The van der Waals surface area contributed by atoms with Gasteiger partial charge >= 0.3 is 6.18 Å². The zero-order chi connectivity index (χ0) is 19.8. The van der Waals surface area contributed by atoms with Crippen molar-refractivity contribution in [3.05, 3.63) is 52.7 Å². The topological polar surface area (TPSA) is 114 Å². The van der Waals surface area contributed by atoms with Crippen LogP contribution in [0.4, 0.5) is 24.9 Å². The van der Waals surface area contributed by atoms with Gasteiger partial charge in [-0.1, -0.05) is 35.9 Å². The van der Waals surface area contributed by atoms with Gasteiger partial charge in [0.1, 0.15) is 22.6 Å². The third kappa shape index (κ3) is 3.75. The molecular formula is C17H10ClF3N6. The van der Waals surface area contributed by atoms with Crippen LogP contribution in [0.3, 0.4) is 0 Å². The van der Waals surface area contributed by atoms with Crippen LogP contribution in [-0.4, -0.2) is 15.0 Å². The Morgan fingerprint density at radius 2 is 1.59 bits per heavy atom. The maximum atomic E-state index is 13.0. The summed E-state index contributed by atoms with van der Waals surface area (Å²) in [6.45, 7) is 0. The van der Waals surface area contributed by atoms with E-state index >= 15 is 0 Å². The molecule has 27 heavy (non-hydrogen) atoms. The fourth-order valence-electron chi connectivity index (χ4n) is 2.42. The van der Waals surface area contributed by atoms with Crippen LogP contribution < -0.4 is 11.5 Å². The lowest BCUT2D eigenvalue weighted by Crippen LogP contribution is -2.06. The predicted octanol–water partition coefficient (Wildman–Crippen LogP) is 3.91. The highest BCUT2D eigenvalue weighted by Gasteiger charge is 2.31. The zero-order valence-corrected chi connectivity index (χ0v) is 14.2. The SMILES string of the molecule is N#Cc1c(N)nc(N)nc1-c1ccc(-c2cc(C(F)(F)F)cc(Cl)n2)cc1. The van der Waals surface area contributed by atoms with Gasteiger partial charge < -0.3 is 11.5 Å². The number of nitrogens with two attached hydrogens (primary N) is 2. The third-order valence-corrected chi connectivity index (χ3v) is 3.84. The lowest BCUT2D eigenvalue weighted by Gasteiger charge is -2.10. The molecule has 0 amide bonds. The second-order valence-corrected chi connectivity index (χ2v) is 5.83. The molecule has 3 rings (SSSR count). The minimum Gasteiger partial charge on any atom is -0.382 e. The summed E-state index contributed by atoms with van der Waals surface area (Å²) in [5, 5.41) is 8.97. The Morgan fingerprint density at radius 1 is 0.963 bits per heavy atom. The molecule has 0 saturated heterocycles. The first-order chi connectivity index (χ1) is 12.7. The maximum Gasteiger partial charge on any atom is 0.416 e. The zero-order valence-electron chi connectivity index (χ0n) is 13.4. The van der Waals surface area contributed by atoms with Crippen LogP contribution in [0.15, 0.2) is 36.4 Å². The summed E-state index contributed by atoms with van der Waals surface area (Å²) in [5.41, 5.74) is 11.6. The first-order valence-corrected chi connectivity index (χ1v) is 7.75. The van der Waals surface area contributed by atoms with E-state index in [4.69, 9.17) is 23.1 Å². The molecule has 0 unspecified atom stereocenters. The molecule has 0 bridgehead atoms. The molecule has 136 valence electrons. The molecule has 0 aliphatic carbocycles. The number of rotatable bonds is 2. The molecule has 6 nitrogen and oxygen atoms in total. The van der Waals surface area contributed by atoms with Gasteiger partial charge in [-0.05, 0) is 12.1 Å². The molecule has 0 spiro atoms. The molecular weight excluding hydrogens is 381 g/mol. The number of hydrogen-bond acceptors (Lipinski definition) is 6. The monoisotopic (exact) mass is 390 g/mol. The van der Waals surface area contributed by atoms with Crippen LogP contribution in [0.25, 0.3) is 22.5 Å². The highest BCUT2D eigenvalue weighted by atomic mass is 35.5. The van der Waals surface area contributed by atoms with E-state index in [1.54, 1.807) is 12.1 Å². The Labute approximate surface area is 156 Å².